The fourth-order valence-electron chi connectivity index (χ4n) is 0.948. The van der Waals surface area contributed by atoms with Gasteiger partial charge in [0.1, 0.15) is 0 Å². The Morgan fingerprint density at radius 1 is 1.62 bits per heavy atom. The Balaban J connectivity index is 2.93. The zero-order chi connectivity index (χ0) is 12.3. The van der Waals surface area contributed by atoms with Gasteiger partial charge in [0, 0.05) is 0 Å². The van der Waals surface area contributed by atoms with Crippen molar-refractivity contribution in [2.75, 3.05) is 5.73 Å². The van der Waals surface area contributed by atoms with Gasteiger partial charge in [0.05, 0.1) is 11.8 Å². The molecule has 1 aromatic rings. The van der Waals surface area contributed by atoms with Gasteiger partial charge in [-0.3, -0.25) is 0 Å². The summed E-state index contributed by atoms with van der Waals surface area (Å²) < 4.78 is 30.5. The Labute approximate surface area is 91.4 Å². The lowest BCUT2D eigenvalue weighted by atomic mass is 10.3. The zero-order valence-electron chi connectivity index (χ0n) is 8.96. The Hall–Kier alpha value is -1.72. The molecule has 0 saturated heterocycles. The summed E-state index contributed by atoms with van der Waals surface area (Å²) >= 11 is 0. The molecule has 1 unspecified atom stereocenters. The number of pyridine rings is 1. The minimum Gasteiger partial charge on any atom is -0.458 e. The lowest BCUT2D eigenvalue weighted by molar-refractivity contribution is 0.0326. The number of nitrogen functional groups attached to an aromatic ring is 1. The third-order valence-corrected chi connectivity index (χ3v) is 2.04. The van der Waals surface area contributed by atoms with Crippen LogP contribution in [-0.4, -0.2) is 17.1 Å². The topological polar surface area (TPSA) is 65.2 Å². The van der Waals surface area contributed by atoms with Gasteiger partial charge in [-0.2, -0.15) is 8.78 Å². The highest BCUT2D eigenvalue weighted by Crippen LogP contribution is 2.14. The standard InChI is InChI=1S/C10H12F2N2O2/c1-3-5(2)16-10(15)7-4-6(13)8(11)9(12)14-7/h4-5H,3H2,1-2H3,(H2,13,14). The number of nitrogens with zero attached hydrogens (tertiary/aromatic N) is 1. The van der Waals surface area contributed by atoms with Crippen LogP contribution in [0.3, 0.4) is 0 Å². The van der Waals surface area contributed by atoms with Crippen molar-refractivity contribution in [3.05, 3.63) is 23.5 Å². The van der Waals surface area contributed by atoms with Gasteiger partial charge in [-0.1, -0.05) is 6.92 Å². The van der Waals surface area contributed by atoms with Gasteiger partial charge in [0.15, 0.2) is 5.69 Å². The summed E-state index contributed by atoms with van der Waals surface area (Å²) in [5.74, 6) is -3.49. The molecule has 6 heteroatoms. The summed E-state index contributed by atoms with van der Waals surface area (Å²) in [5, 5.41) is 0. The fourth-order valence-corrected chi connectivity index (χ4v) is 0.948. The summed E-state index contributed by atoms with van der Waals surface area (Å²) in [5.41, 5.74) is 4.35. The molecular formula is C10H12F2N2O2. The number of anilines is 1. The normalized spacial score (nSPS) is 12.2. The molecule has 0 amide bonds. The van der Waals surface area contributed by atoms with E-state index in [2.05, 4.69) is 4.98 Å². The van der Waals surface area contributed by atoms with Gasteiger partial charge in [0.25, 0.3) is 5.95 Å². The second-order valence-electron chi connectivity index (χ2n) is 3.33. The van der Waals surface area contributed by atoms with Gasteiger partial charge < -0.3 is 10.5 Å². The first-order valence-electron chi connectivity index (χ1n) is 4.78. The number of ether oxygens (including phenoxy) is 1. The summed E-state index contributed by atoms with van der Waals surface area (Å²) in [6, 6.07) is 0.948. The number of nitrogens with two attached hydrogens (primary N) is 1. The Morgan fingerprint density at radius 2 is 2.25 bits per heavy atom. The smallest absolute Gasteiger partial charge is 0.357 e. The van der Waals surface area contributed by atoms with E-state index in [0.29, 0.717) is 6.42 Å². The molecule has 4 nitrogen and oxygen atoms in total. The molecule has 0 aliphatic heterocycles. The van der Waals surface area contributed by atoms with E-state index in [-0.39, 0.29) is 11.8 Å². The quantitative estimate of drug-likeness (QED) is 0.636. The minimum absolute atomic E-state index is 0.316. The number of carbonyl (C=O) groups is 1. The largest absolute Gasteiger partial charge is 0.458 e. The monoisotopic (exact) mass is 230 g/mol. The van der Waals surface area contributed by atoms with Crippen LogP contribution < -0.4 is 5.73 Å². The van der Waals surface area contributed by atoms with Crippen LogP contribution in [0.2, 0.25) is 0 Å². The van der Waals surface area contributed by atoms with E-state index in [9.17, 15) is 13.6 Å². The number of esters is 1. The number of rotatable bonds is 3. The predicted molar refractivity (Wildman–Crippen MR) is 53.7 cm³/mol. The van der Waals surface area contributed by atoms with Crippen molar-refractivity contribution >= 4 is 11.7 Å². The van der Waals surface area contributed by atoms with E-state index in [0.717, 1.165) is 6.07 Å². The summed E-state index contributed by atoms with van der Waals surface area (Å²) in [4.78, 5) is 14.5. The number of hydrogen-bond donors (Lipinski definition) is 1. The van der Waals surface area contributed by atoms with E-state index < -0.39 is 23.4 Å². The number of halogens is 2. The van der Waals surface area contributed by atoms with Crippen LogP contribution in [0.25, 0.3) is 0 Å². The third-order valence-electron chi connectivity index (χ3n) is 2.04. The second kappa shape index (κ2) is 4.87. The van der Waals surface area contributed by atoms with Gasteiger partial charge >= 0.3 is 5.97 Å². The summed E-state index contributed by atoms with van der Waals surface area (Å²) in [7, 11) is 0. The fraction of sp³-hybridized carbons (Fsp3) is 0.400. The van der Waals surface area contributed by atoms with E-state index in [1.54, 1.807) is 6.92 Å². The van der Waals surface area contributed by atoms with Crippen LogP contribution in [0.1, 0.15) is 30.8 Å². The van der Waals surface area contributed by atoms with Crippen LogP contribution in [0.15, 0.2) is 6.07 Å². The van der Waals surface area contributed by atoms with E-state index in [1.807, 2.05) is 6.92 Å². The molecule has 0 saturated carbocycles. The van der Waals surface area contributed by atoms with Crippen LogP contribution in [0, 0.1) is 11.8 Å². The minimum atomic E-state index is -1.41. The van der Waals surface area contributed by atoms with E-state index >= 15 is 0 Å². The van der Waals surface area contributed by atoms with E-state index in [4.69, 9.17) is 10.5 Å². The highest BCUT2D eigenvalue weighted by atomic mass is 19.2. The molecule has 0 spiro atoms. The van der Waals surface area contributed by atoms with Crippen molar-refractivity contribution in [3.8, 4) is 0 Å². The number of aromatic nitrogens is 1. The molecule has 1 heterocycles. The highest BCUT2D eigenvalue weighted by molar-refractivity contribution is 5.88. The molecule has 0 aliphatic carbocycles. The Bertz CT molecular complexity index is 387. The van der Waals surface area contributed by atoms with Crippen LogP contribution in [-0.2, 0) is 4.74 Å². The van der Waals surface area contributed by atoms with Crippen LogP contribution in [0.4, 0.5) is 14.5 Å². The third kappa shape index (κ3) is 2.65. The maximum Gasteiger partial charge on any atom is 0.357 e. The molecule has 0 aromatic carbocycles. The second-order valence-corrected chi connectivity index (χ2v) is 3.33. The van der Waals surface area contributed by atoms with Crippen molar-refractivity contribution < 1.29 is 18.3 Å². The van der Waals surface area contributed by atoms with Gasteiger partial charge in [-0.15, -0.1) is 0 Å². The maximum atomic E-state index is 12.8. The molecule has 88 valence electrons. The first-order chi connectivity index (χ1) is 7.45. The Kier molecular flexibility index (Phi) is 3.76. The Morgan fingerprint density at radius 3 is 2.75 bits per heavy atom. The SMILES string of the molecule is CCC(C)OC(=O)c1cc(N)c(F)c(F)n1. The predicted octanol–water partition coefficient (Wildman–Crippen LogP) is 1.90. The zero-order valence-corrected chi connectivity index (χ0v) is 8.96. The molecule has 0 aliphatic rings. The lowest BCUT2D eigenvalue weighted by Crippen LogP contribution is -2.16. The first-order valence-corrected chi connectivity index (χ1v) is 4.78. The van der Waals surface area contributed by atoms with Crippen molar-refractivity contribution in [2.45, 2.75) is 26.4 Å². The molecular weight excluding hydrogens is 218 g/mol. The van der Waals surface area contributed by atoms with Gasteiger partial charge in [0.2, 0.25) is 5.82 Å². The maximum absolute atomic E-state index is 12.8. The van der Waals surface area contributed by atoms with Crippen molar-refractivity contribution in [1.29, 1.82) is 0 Å². The van der Waals surface area contributed by atoms with Crippen LogP contribution in [0.5, 0.6) is 0 Å². The highest BCUT2D eigenvalue weighted by Gasteiger charge is 2.17. The van der Waals surface area contributed by atoms with Crippen molar-refractivity contribution in [3.63, 3.8) is 0 Å². The molecule has 0 radical (unpaired) electrons. The lowest BCUT2D eigenvalue weighted by Gasteiger charge is -2.10. The molecule has 1 rings (SSSR count). The molecule has 1 aromatic heterocycles. The molecule has 0 fully saturated rings. The molecule has 2 N–H and O–H groups in total. The molecule has 1 atom stereocenters. The summed E-state index contributed by atoms with van der Waals surface area (Å²) in [6.45, 7) is 3.51. The number of hydrogen-bond acceptors (Lipinski definition) is 4. The average Bonchev–Trinajstić information content (AvgIpc) is 2.24. The van der Waals surface area contributed by atoms with Gasteiger partial charge in [-0.05, 0) is 19.4 Å². The summed E-state index contributed by atoms with van der Waals surface area (Å²) in [6.07, 6.45) is 0.300. The first kappa shape index (κ1) is 12.4. The molecule has 16 heavy (non-hydrogen) atoms. The molecule has 0 bridgehead atoms. The van der Waals surface area contributed by atoms with Crippen LogP contribution >= 0.6 is 0 Å². The average molecular weight is 230 g/mol. The van der Waals surface area contributed by atoms with E-state index in [1.165, 1.54) is 0 Å². The van der Waals surface area contributed by atoms with Crippen molar-refractivity contribution in [1.82, 2.24) is 4.98 Å². The van der Waals surface area contributed by atoms with Crippen molar-refractivity contribution in [2.24, 2.45) is 0 Å². The number of carbonyl (C=O) groups excluding carboxylic acids is 1. The van der Waals surface area contributed by atoms with Gasteiger partial charge in [-0.25, -0.2) is 9.78 Å².